The summed E-state index contributed by atoms with van der Waals surface area (Å²) < 4.78 is 0. The molecule has 110 valence electrons. The molecule has 0 unspecified atom stereocenters. The summed E-state index contributed by atoms with van der Waals surface area (Å²) >= 11 is 0. The fraction of sp³-hybridized carbons (Fsp3) is 0.235. The fourth-order valence-corrected chi connectivity index (χ4v) is 2.06. The summed E-state index contributed by atoms with van der Waals surface area (Å²) in [4.78, 5) is 11.3. The highest BCUT2D eigenvalue weighted by molar-refractivity contribution is 5.96. The first-order valence-corrected chi connectivity index (χ1v) is 6.78. The number of carbonyl (C=O) groups is 1. The van der Waals surface area contributed by atoms with Gasteiger partial charge in [0.2, 0.25) is 0 Å². The number of nitrogens with one attached hydrogen (secondary N) is 1. The third kappa shape index (κ3) is 3.54. The Balaban J connectivity index is 2.28. The molecule has 0 heterocycles. The molecule has 0 amide bonds. The highest BCUT2D eigenvalue weighted by atomic mass is 16.4. The van der Waals surface area contributed by atoms with Crippen LogP contribution in [0.2, 0.25) is 0 Å². The Morgan fingerprint density at radius 2 is 1.71 bits per heavy atom. The lowest BCUT2D eigenvalue weighted by atomic mass is 9.87. The summed E-state index contributed by atoms with van der Waals surface area (Å²) in [7, 11) is 0. The molecule has 0 aromatic heterocycles. The second-order valence-corrected chi connectivity index (χ2v) is 6.06. The molecule has 0 saturated heterocycles. The quantitative estimate of drug-likeness (QED) is 0.744. The van der Waals surface area contributed by atoms with E-state index in [-0.39, 0.29) is 11.0 Å². The van der Waals surface area contributed by atoms with Crippen LogP contribution in [0, 0.1) is 0 Å². The van der Waals surface area contributed by atoms with Crippen molar-refractivity contribution in [1.29, 1.82) is 0 Å². The first kappa shape index (κ1) is 14.9. The molecule has 2 aromatic carbocycles. The van der Waals surface area contributed by atoms with E-state index in [1.807, 2.05) is 24.3 Å². The third-order valence-corrected chi connectivity index (χ3v) is 3.30. The van der Waals surface area contributed by atoms with E-state index in [0.717, 1.165) is 5.69 Å². The topological polar surface area (TPSA) is 75.3 Å². The van der Waals surface area contributed by atoms with Crippen molar-refractivity contribution in [1.82, 2.24) is 0 Å². The van der Waals surface area contributed by atoms with E-state index < -0.39 is 5.97 Å². The summed E-state index contributed by atoms with van der Waals surface area (Å²) in [6.45, 7) is 6.45. The van der Waals surface area contributed by atoms with E-state index >= 15 is 0 Å². The lowest BCUT2D eigenvalue weighted by Gasteiger charge is -2.19. The number of nitrogens with two attached hydrogens (primary N) is 1. The normalized spacial score (nSPS) is 11.2. The van der Waals surface area contributed by atoms with Crippen molar-refractivity contribution in [3.8, 4) is 0 Å². The van der Waals surface area contributed by atoms with Crippen LogP contribution in [0.1, 0.15) is 36.7 Å². The van der Waals surface area contributed by atoms with Gasteiger partial charge in [-0.25, -0.2) is 4.79 Å². The maximum atomic E-state index is 11.3. The van der Waals surface area contributed by atoms with E-state index in [2.05, 4.69) is 26.1 Å². The van der Waals surface area contributed by atoms with E-state index in [1.165, 1.54) is 11.6 Å². The number of carboxylic acids is 1. The maximum absolute atomic E-state index is 11.3. The summed E-state index contributed by atoms with van der Waals surface area (Å²) in [6.07, 6.45) is 0. The largest absolute Gasteiger partial charge is 0.478 e. The molecule has 0 spiro atoms. The minimum absolute atomic E-state index is 0.0892. The average Bonchev–Trinajstić information content (AvgIpc) is 2.40. The summed E-state index contributed by atoms with van der Waals surface area (Å²) in [5.41, 5.74) is 8.91. The number of anilines is 3. The predicted octanol–water partition coefficient (Wildman–Crippen LogP) is 4.01. The van der Waals surface area contributed by atoms with E-state index in [4.69, 9.17) is 5.73 Å². The molecule has 0 saturated carbocycles. The zero-order valence-corrected chi connectivity index (χ0v) is 12.5. The van der Waals surface area contributed by atoms with Gasteiger partial charge in [0.15, 0.2) is 0 Å². The molecule has 0 fully saturated rings. The summed E-state index contributed by atoms with van der Waals surface area (Å²) in [5.74, 6) is -1.00. The first-order valence-electron chi connectivity index (χ1n) is 6.78. The van der Waals surface area contributed by atoms with Gasteiger partial charge in [-0.2, -0.15) is 0 Å². The molecule has 2 rings (SSSR count). The van der Waals surface area contributed by atoms with Crippen molar-refractivity contribution in [2.75, 3.05) is 11.1 Å². The smallest absolute Gasteiger partial charge is 0.337 e. The van der Waals surface area contributed by atoms with Crippen molar-refractivity contribution in [3.63, 3.8) is 0 Å². The lowest BCUT2D eigenvalue weighted by molar-refractivity contribution is 0.0698. The molecule has 21 heavy (non-hydrogen) atoms. The van der Waals surface area contributed by atoms with Crippen LogP contribution < -0.4 is 11.1 Å². The standard InChI is InChI=1S/C17H20N2O2/c1-17(2,3)11-4-7-13(8-5-11)19-15-9-6-12(18)10-14(15)16(20)21/h4-10,19H,18H2,1-3H3,(H,20,21). The Morgan fingerprint density at radius 1 is 1.10 bits per heavy atom. The van der Waals surface area contributed by atoms with Crippen LogP contribution in [-0.4, -0.2) is 11.1 Å². The fourth-order valence-electron chi connectivity index (χ4n) is 2.06. The zero-order valence-electron chi connectivity index (χ0n) is 12.5. The molecule has 4 N–H and O–H groups in total. The van der Waals surface area contributed by atoms with E-state index in [1.54, 1.807) is 12.1 Å². The molecule has 0 bridgehead atoms. The molecule has 0 radical (unpaired) electrons. The Bertz CT molecular complexity index is 655. The van der Waals surface area contributed by atoms with E-state index in [9.17, 15) is 9.90 Å². The van der Waals surface area contributed by atoms with Gasteiger partial charge < -0.3 is 16.2 Å². The van der Waals surface area contributed by atoms with Crippen molar-refractivity contribution in [3.05, 3.63) is 53.6 Å². The number of carboxylic acid groups (broad SMARTS) is 1. The zero-order chi connectivity index (χ0) is 15.6. The molecule has 4 heteroatoms. The maximum Gasteiger partial charge on any atom is 0.337 e. The van der Waals surface area contributed by atoms with Gasteiger partial charge in [-0.05, 0) is 41.3 Å². The molecular formula is C17H20N2O2. The Labute approximate surface area is 124 Å². The first-order chi connectivity index (χ1) is 9.77. The van der Waals surface area contributed by atoms with Crippen LogP contribution in [-0.2, 0) is 5.41 Å². The van der Waals surface area contributed by atoms with Gasteiger partial charge in [-0.1, -0.05) is 32.9 Å². The van der Waals surface area contributed by atoms with Gasteiger partial charge >= 0.3 is 5.97 Å². The van der Waals surface area contributed by atoms with Crippen LogP contribution in [0.15, 0.2) is 42.5 Å². The Kier molecular flexibility index (Phi) is 3.89. The molecule has 2 aromatic rings. The van der Waals surface area contributed by atoms with Gasteiger partial charge in [0.25, 0.3) is 0 Å². The van der Waals surface area contributed by atoms with Gasteiger partial charge in [-0.3, -0.25) is 0 Å². The van der Waals surface area contributed by atoms with Gasteiger partial charge in [0, 0.05) is 11.4 Å². The van der Waals surface area contributed by atoms with Crippen molar-refractivity contribution in [2.24, 2.45) is 0 Å². The highest BCUT2D eigenvalue weighted by Gasteiger charge is 2.14. The number of hydrogen-bond donors (Lipinski definition) is 3. The van der Waals surface area contributed by atoms with Crippen LogP contribution in [0.5, 0.6) is 0 Å². The molecule has 4 nitrogen and oxygen atoms in total. The van der Waals surface area contributed by atoms with Crippen LogP contribution >= 0.6 is 0 Å². The minimum atomic E-state index is -1.00. The number of aromatic carboxylic acids is 1. The summed E-state index contributed by atoms with van der Waals surface area (Å²) in [5, 5.41) is 12.3. The lowest BCUT2D eigenvalue weighted by Crippen LogP contribution is -2.10. The van der Waals surface area contributed by atoms with Gasteiger partial charge in [0.05, 0.1) is 11.3 Å². The Morgan fingerprint density at radius 3 is 2.24 bits per heavy atom. The average molecular weight is 284 g/mol. The van der Waals surface area contributed by atoms with Crippen molar-refractivity contribution < 1.29 is 9.90 Å². The van der Waals surface area contributed by atoms with Crippen LogP contribution in [0.25, 0.3) is 0 Å². The SMILES string of the molecule is CC(C)(C)c1ccc(Nc2ccc(N)cc2C(=O)O)cc1. The summed E-state index contributed by atoms with van der Waals surface area (Å²) in [6, 6.07) is 12.8. The number of rotatable bonds is 3. The number of nitrogen functional groups attached to an aromatic ring is 1. The van der Waals surface area contributed by atoms with Crippen molar-refractivity contribution in [2.45, 2.75) is 26.2 Å². The minimum Gasteiger partial charge on any atom is -0.478 e. The second kappa shape index (κ2) is 5.48. The molecular weight excluding hydrogens is 264 g/mol. The molecule has 0 atom stereocenters. The Hall–Kier alpha value is -2.49. The monoisotopic (exact) mass is 284 g/mol. The van der Waals surface area contributed by atoms with Gasteiger partial charge in [0.1, 0.15) is 0 Å². The van der Waals surface area contributed by atoms with Crippen LogP contribution in [0.4, 0.5) is 17.1 Å². The van der Waals surface area contributed by atoms with Crippen LogP contribution in [0.3, 0.4) is 0 Å². The van der Waals surface area contributed by atoms with Gasteiger partial charge in [-0.15, -0.1) is 0 Å². The van der Waals surface area contributed by atoms with Crippen molar-refractivity contribution >= 4 is 23.0 Å². The predicted molar refractivity (Wildman–Crippen MR) is 86.2 cm³/mol. The number of benzene rings is 2. The van der Waals surface area contributed by atoms with E-state index in [0.29, 0.717) is 11.4 Å². The molecule has 0 aliphatic rings. The highest BCUT2D eigenvalue weighted by Crippen LogP contribution is 2.26. The number of hydrogen-bond acceptors (Lipinski definition) is 3. The second-order valence-electron chi connectivity index (χ2n) is 6.06. The molecule has 0 aliphatic heterocycles. The molecule has 0 aliphatic carbocycles. The third-order valence-electron chi connectivity index (χ3n) is 3.30.